The molecule has 3 rings (SSSR count). The Kier molecular flexibility index (Phi) is 2.13. The molecule has 0 radical (unpaired) electrons. The first-order valence-electron chi connectivity index (χ1n) is 6.70. The van der Waals surface area contributed by atoms with Gasteiger partial charge < -0.3 is 4.90 Å². The Hall–Kier alpha value is -0.570. The summed E-state index contributed by atoms with van der Waals surface area (Å²) >= 11 is 0. The second-order valence-electron chi connectivity index (χ2n) is 6.09. The number of nitrogens with zero attached hydrogens (tertiary/aromatic N) is 1. The van der Waals surface area contributed by atoms with Gasteiger partial charge in [0.05, 0.1) is 11.7 Å². The van der Waals surface area contributed by atoms with Crippen molar-refractivity contribution >= 4 is 5.91 Å². The molecule has 16 heavy (non-hydrogen) atoms. The number of carbonyl (C=O) groups excluding carboxylic acids is 1. The highest BCUT2D eigenvalue weighted by Crippen LogP contribution is 2.52. The molecule has 1 spiro atoms. The lowest BCUT2D eigenvalue weighted by Gasteiger charge is -2.26. The third-order valence-corrected chi connectivity index (χ3v) is 4.62. The molecule has 1 atom stereocenters. The molecular formula is C13H22N2O. The van der Waals surface area contributed by atoms with Crippen LogP contribution in [0.15, 0.2) is 0 Å². The molecule has 2 aliphatic carbocycles. The van der Waals surface area contributed by atoms with E-state index in [1.165, 1.54) is 25.7 Å². The van der Waals surface area contributed by atoms with E-state index in [4.69, 9.17) is 0 Å². The molecular weight excluding hydrogens is 200 g/mol. The van der Waals surface area contributed by atoms with Crippen molar-refractivity contribution in [2.45, 2.75) is 64.1 Å². The van der Waals surface area contributed by atoms with Crippen LogP contribution in [0.1, 0.15) is 52.4 Å². The van der Waals surface area contributed by atoms with Crippen molar-refractivity contribution in [2.24, 2.45) is 5.41 Å². The number of rotatable bonds is 4. The quantitative estimate of drug-likeness (QED) is 0.787. The molecule has 0 aromatic heterocycles. The van der Waals surface area contributed by atoms with E-state index in [1.807, 2.05) is 0 Å². The van der Waals surface area contributed by atoms with Crippen LogP contribution < -0.4 is 5.32 Å². The van der Waals surface area contributed by atoms with Crippen LogP contribution in [-0.4, -0.2) is 29.1 Å². The third kappa shape index (κ3) is 1.48. The van der Waals surface area contributed by atoms with Crippen molar-refractivity contribution < 1.29 is 4.79 Å². The predicted molar refractivity (Wildman–Crippen MR) is 62.9 cm³/mol. The third-order valence-electron chi connectivity index (χ3n) is 4.62. The lowest BCUT2D eigenvalue weighted by molar-refractivity contribution is -0.131. The van der Waals surface area contributed by atoms with Crippen LogP contribution in [0.25, 0.3) is 0 Å². The summed E-state index contributed by atoms with van der Waals surface area (Å²) in [6.07, 6.45) is 7.53. The van der Waals surface area contributed by atoms with Gasteiger partial charge >= 0.3 is 0 Å². The van der Waals surface area contributed by atoms with E-state index in [1.54, 1.807) is 0 Å². The number of carbonyl (C=O) groups is 1. The summed E-state index contributed by atoms with van der Waals surface area (Å²) in [6, 6.07) is 0. The summed E-state index contributed by atoms with van der Waals surface area (Å²) < 4.78 is 0. The molecule has 0 aromatic carbocycles. The van der Waals surface area contributed by atoms with Crippen LogP contribution in [0.4, 0.5) is 0 Å². The molecule has 1 aliphatic heterocycles. The first kappa shape index (κ1) is 10.6. The minimum Gasteiger partial charge on any atom is -0.325 e. The Morgan fingerprint density at radius 1 is 1.38 bits per heavy atom. The van der Waals surface area contributed by atoms with Crippen molar-refractivity contribution in [3.8, 4) is 0 Å². The fourth-order valence-electron chi connectivity index (χ4n) is 3.24. The number of hydrogen-bond donors (Lipinski definition) is 1. The van der Waals surface area contributed by atoms with Gasteiger partial charge in [0, 0.05) is 6.54 Å². The summed E-state index contributed by atoms with van der Waals surface area (Å²) in [4.78, 5) is 14.4. The Bertz CT molecular complexity index is 318. The van der Waals surface area contributed by atoms with Gasteiger partial charge in [0.25, 0.3) is 0 Å². The second-order valence-corrected chi connectivity index (χ2v) is 6.09. The molecule has 2 saturated carbocycles. The fourth-order valence-corrected chi connectivity index (χ4v) is 3.24. The summed E-state index contributed by atoms with van der Waals surface area (Å²) in [5.41, 5.74) is 0.364. The number of nitrogens with one attached hydrogen (secondary N) is 1. The first-order valence-corrected chi connectivity index (χ1v) is 6.70. The van der Waals surface area contributed by atoms with Crippen LogP contribution in [0.2, 0.25) is 0 Å². The average molecular weight is 222 g/mol. The van der Waals surface area contributed by atoms with E-state index in [2.05, 4.69) is 24.1 Å². The Morgan fingerprint density at radius 3 is 2.50 bits per heavy atom. The van der Waals surface area contributed by atoms with E-state index in [9.17, 15) is 4.79 Å². The minimum absolute atomic E-state index is 0.123. The van der Waals surface area contributed by atoms with E-state index in [0.29, 0.717) is 11.3 Å². The predicted octanol–water partition coefficient (Wildman–Crippen LogP) is 1.88. The molecule has 90 valence electrons. The van der Waals surface area contributed by atoms with Gasteiger partial charge in [-0.05, 0) is 44.4 Å². The monoisotopic (exact) mass is 222 g/mol. The Morgan fingerprint density at radius 2 is 2.06 bits per heavy atom. The zero-order valence-electron chi connectivity index (χ0n) is 10.4. The zero-order valence-corrected chi connectivity index (χ0v) is 10.4. The highest BCUT2D eigenvalue weighted by atomic mass is 16.2. The Balaban J connectivity index is 1.69. The maximum atomic E-state index is 12.3. The van der Waals surface area contributed by atoms with Crippen molar-refractivity contribution in [3.05, 3.63) is 0 Å². The van der Waals surface area contributed by atoms with Crippen LogP contribution in [0.3, 0.4) is 0 Å². The van der Waals surface area contributed by atoms with E-state index in [0.717, 1.165) is 19.4 Å². The van der Waals surface area contributed by atoms with Crippen molar-refractivity contribution in [3.63, 3.8) is 0 Å². The van der Waals surface area contributed by atoms with E-state index in [-0.39, 0.29) is 11.7 Å². The van der Waals surface area contributed by atoms with Gasteiger partial charge in [-0.2, -0.15) is 0 Å². The molecule has 1 unspecified atom stereocenters. The maximum Gasteiger partial charge on any atom is 0.244 e. The highest BCUT2D eigenvalue weighted by Gasteiger charge is 2.59. The van der Waals surface area contributed by atoms with Gasteiger partial charge in [0.1, 0.15) is 0 Å². The molecule has 1 N–H and O–H groups in total. The molecule has 3 fully saturated rings. The van der Waals surface area contributed by atoms with Gasteiger partial charge in [-0.1, -0.05) is 13.3 Å². The largest absolute Gasteiger partial charge is 0.325 e. The van der Waals surface area contributed by atoms with E-state index < -0.39 is 0 Å². The van der Waals surface area contributed by atoms with Gasteiger partial charge in [0.15, 0.2) is 0 Å². The molecule has 3 nitrogen and oxygen atoms in total. The van der Waals surface area contributed by atoms with Crippen molar-refractivity contribution in [1.29, 1.82) is 0 Å². The second kappa shape index (κ2) is 3.22. The molecule has 1 saturated heterocycles. The van der Waals surface area contributed by atoms with Crippen LogP contribution in [0, 0.1) is 5.41 Å². The van der Waals surface area contributed by atoms with Crippen LogP contribution in [0.5, 0.6) is 0 Å². The highest BCUT2D eigenvalue weighted by molar-refractivity contribution is 5.91. The summed E-state index contributed by atoms with van der Waals surface area (Å²) in [5.74, 6) is 0.377. The zero-order chi connectivity index (χ0) is 11.4. The lowest BCUT2D eigenvalue weighted by Crippen LogP contribution is -2.39. The standard InChI is InChI=1S/C13H22N2O/c1-3-4-12(5-6-12)9-15-10(2)14-13(7-8-13)11(15)16/h10,14H,3-9H2,1-2H3. The molecule has 3 aliphatic rings. The topological polar surface area (TPSA) is 32.3 Å². The SMILES string of the molecule is CCCC1(CN2C(=O)C3(CC3)NC2C)CC1. The van der Waals surface area contributed by atoms with Gasteiger partial charge in [0.2, 0.25) is 5.91 Å². The first-order chi connectivity index (χ1) is 7.61. The van der Waals surface area contributed by atoms with Crippen LogP contribution >= 0.6 is 0 Å². The molecule has 1 heterocycles. The molecule has 3 heteroatoms. The number of amides is 1. The van der Waals surface area contributed by atoms with Crippen molar-refractivity contribution in [1.82, 2.24) is 10.2 Å². The smallest absolute Gasteiger partial charge is 0.244 e. The van der Waals surface area contributed by atoms with Gasteiger partial charge in [-0.15, -0.1) is 0 Å². The Labute approximate surface area is 97.6 Å². The maximum absolute atomic E-state index is 12.3. The van der Waals surface area contributed by atoms with Crippen molar-refractivity contribution in [2.75, 3.05) is 6.54 Å². The summed E-state index contributed by atoms with van der Waals surface area (Å²) in [5, 5.41) is 3.47. The van der Waals surface area contributed by atoms with Gasteiger partial charge in [-0.3, -0.25) is 10.1 Å². The lowest BCUT2D eigenvalue weighted by atomic mass is 10.00. The molecule has 1 amide bonds. The minimum atomic E-state index is -0.123. The van der Waals surface area contributed by atoms with E-state index >= 15 is 0 Å². The van der Waals surface area contributed by atoms with Gasteiger partial charge in [-0.25, -0.2) is 0 Å². The summed E-state index contributed by atoms with van der Waals surface area (Å²) in [7, 11) is 0. The fraction of sp³-hybridized carbons (Fsp3) is 0.923. The average Bonchev–Trinajstić information content (AvgIpc) is 3.11. The van der Waals surface area contributed by atoms with Crippen LogP contribution in [-0.2, 0) is 4.79 Å². The normalized spacial score (nSPS) is 33.5. The summed E-state index contributed by atoms with van der Waals surface area (Å²) in [6.45, 7) is 5.37. The molecule has 0 aromatic rings. The molecule has 0 bridgehead atoms. The number of hydrogen-bond acceptors (Lipinski definition) is 2.